The Labute approximate surface area is 310 Å². The molecule has 18 atom stereocenters. The van der Waals surface area contributed by atoms with Crippen LogP contribution in [-0.4, -0.2) is 150 Å². The van der Waals surface area contributed by atoms with E-state index >= 15 is 0 Å². The van der Waals surface area contributed by atoms with Crippen molar-refractivity contribution in [1.29, 1.82) is 0 Å². The zero-order chi connectivity index (χ0) is 39.7. The van der Waals surface area contributed by atoms with Crippen LogP contribution in [0.5, 0.6) is 0 Å². The summed E-state index contributed by atoms with van der Waals surface area (Å²) in [6.07, 6.45) is -8.73. The van der Waals surface area contributed by atoms with Crippen LogP contribution in [-0.2, 0) is 42.7 Å². The number of ketones is 1. The van der Waals surface area contributed by atoms with Gasteiger partial charge in [0.2, 0.25) is 0 Å². The molecule has 14 nitrogen and oxygen atoms in total. The Bertz CT molecular complexity index is 1190. The fraction of sp³-hybridized carbons (Fsp3) is 0.947. The lowest BCUT2D eigenvalue weighted by Gasteiger charge is -2.50. The maximum absolute atomic E-state index is 14.2. The average Bonchev–Trinajstić information content (AvgIpc) is 3.09. The van der Waals surface area contributed by atoms with Crippen LogP contribution in [0.4, 0.5) is 0 Å². The number of aliphatic hydroxyl groups excluding tert-OH is 3. The summed E-state index contributed by atoms with van der Waals surface area (Å²) in [5, 5.41) is 45.6. The normalized spacial score (nSPS) is 49.0. The van der Waals surface area contributed by atoms with Crippen molar-refractivity contribution < 1.29 is 63.2 Å². The first-order valence-corrected chi connectivity index (χ1v) is 18.9. The van der Waals surface area contributed by atoms with E-state index in [1.54, 1.807) is 48.5 Å². The van der Waals surface area contributed by atoms with Gasteiger partial charge in [0.1, 0.15) is 29.7 Å². The Morgan fingerprint density at radius 3 is 1.98 bits per heavy atom. The molecule has 304 valence electrons. The lowest BCUT2D eigenvalue weighted by Crippen LogP contribution is -2.61. The highest BCUT2D eigenvalue weighted by Crippen LogP contribution is 2.41. The first-order valence-electron chi connectivity index (χ1n) is 18.9. The van der Waals surface area contributed by atoms with Crippen LogP contribution in [0.15, 0.2) is 0 Å². The molecule has 3 aliphatic rings. The highest BCUT2D eigenvalue weighted by atomic mass is 16.7. The topological polar surface area (TPSA) is 183 Å². The molecule has 3 saturated heterocycles. The van der Waals surface area contributed by atoms with Crippen LogP contribution in [0.25, 0.3) is 0 Å². The summed E-state index contributed by atoms with van der Waals surface area (Å²) in [7, 11) is 6.77. The zero-order valence-electron chi connectivity index (χ0n) is 33.9. The Morgan fingerprint density at radius 1 is 0.846 bits per heavy atom. The van der Waals surface area contributed by atoms with E-state index in [1.165, 1.54) is 21.1 Å². The summed E-state index contributed by atoms with van der Waals surface area (Å²) in [5.74, 6) is -4.47. The number of likely N-dealkylation sites (N-methyl/N-ethyl adjacent to an activating group) is 1. The molecule has 14 heteroatoms. The quantitative estimate of drug-likeness (QED) is 0.266. The summed E-state index contributed by atoms with van der Waals surface area (Å²) < 4.78 is 43.9. The summed E-state index contributed by atoms with van der Waals surface area (Å²) in [6.45, 7) is 17.1. The molecule has 3 fully saturated rings. The number of aliphatic hydroxyl groups is 4. The van der Waals surface area contributed by atoms with Crippen molar-refractivity contribution in [2.24, 2.45) is 23.7 Å². The second-order valence-electron chi connectivity index (χ2n) is 16.6. The highest BCUT2D eigenvalue weighted by molar-refractivity contribution is 5.83. The number of methoxy groups -OCH3 is 2. The van der Waals surface area contributed by atoms with Crippen molar-refractivity contribution in [2.75, 3.05) is 28.3 Å². The molecular formula is C38H69NO13. The van der Waals surface area contributed by atoms with Gasteiger partial charge in [0.15, 0.2) is 12.6 Å². The van der Waals surface area contributed by atoms with Crippen molar-refractivity contribution in [1.82, 2.24) is 4.90 Å². The first-order chi connectivity index (χ1) is 24.0. The van der Waals surface area contributed by atoms with Gasteiger partial charge in [0, 0.05) is 44.4 Å². The van der Waals surface area contributed by atoms with Crippen molar-refractivity contribution in [3.63, 3.8) is 0 Å². The monoisotopic (exact) mass is 747 g/mol. The van der Waals surface area contributed by atoms with E-state index in [0.717, 1.165) is 0 Å². The van der Waals surface area contributed by atoms with Crippen molar-refractivity contribution in [3.8, 4) is 0 Å². The van der Waals surface area contributed by atoms with Crippen LogP contribution in [0.3, 0.4) is 0 Å². The summed E-state index contributed by atoms with van der Waals surface area (Å²) in [4.78, 5) is 30.1. The van der Waals surface area contributed by atoms with E-state index in [2.05, 4.69) is 0 Å². The molecule has 0 aromatic carbocycles. The fourth-order valence-electron chi connectivity index (χ4n) is 8.58. The minimum atomic E-state index is -1.96. The number of hydrogen-bond donors (Lipinski definition) is 4. The number of hydrogen-bond acceptors (Lipinski definition) is 14. The number of esters is 1. The van der Waals surface area contributed by atoms with Crippen LogP contribution < -0.4 is 0 Å². The number of Topliss-reactive ketones (excluding diaryl/α,β-unsaturated/α-hetero) is 1. The molecule has 0 aromatic rings. The first kappa shape index (κ1) is 45.1. The van der Waals surface area contributed by atoms with E-state index in [0.29, 0.717) is 6.42 Å². The summed E-state index contributed by atoms with van der Waals surface area (Å²) in [6, 6.07) is -0.283. The molecule has 0 amide bonds. The minimum absolute atomic E-state index is 0.111. The van der Waals surface area contributed by atoms with E-state index in [4.69, 9.17) is 33.2 Å². The number of ether oxygens (including phenoxy) is 7. The molecule has 3 aliphatic heterocycles. The molecule has 3 rings (SSSR count). The maximum atomic E-state index is 14.2. The number of carbonyl (C=O) groups is 2. The second-order valence-corrected chi connectivity index (χ2v) is 16.6. The third-order valence-electron chi connectivity index (χ3n) is 12.3. The number of carbonyl (C=O) groups excluding carboxylic acids is 2. The van der Waals surface area contributed by atoms with E-state index < -0.39 is 102 Å². The number of cyclic esters (lactones) is 1. The Kier molecular flexibility index (Phi) is 15.3. The second kappa shape index (κ2) is 17.7. The molecule has 0 aliphatic carbocycles. The molecule has 0 unspecified atom stereocenters. The largest absolute Gasteiger partial charge is 0.459 e. The lowest BCUT2D eigenvalue weighted by molar-refractivity contribution is -0.319. The molecule has 0 spiro atoms. The minimum Gasteiger partial charge on any atom is -0.459 e. The molecular weight excluding hydrogens is 678 g/mol. The Balaban J connectivity index is 2.22. The van der Waals surface area contributed by atoms with E-state index in [1.807, 2.05) is 32.8 Å². The average molecular weight is 748 g/mol. The van der Waals surface area contributed by atoms with Crippen LogP contribution in [0.1, 0.15) is 94.9 Å². The van der Waals surface area contributed by atoms with Gasteiger partial charge in [-0.25, -0.2) is 0 Å². The fourth-order valence-corrected chi connectivity index (χ4v) is 8.58. The third-order valence-corrected chi connectivity index (χ3v) is 12.3. The SMILES string of the molecule is CC[C@H]1OC(=O)[C@H](C)[C@@H](O[C@H]2C[C@@](C)(OC)[C@@H](O)[C@H](C)O2)[C@@H](C)[C@@H](O[C@@H]2O[C@H](C)C[C@@H](N(C)C)[C@H]2O)[C@](C)(OC)C[C@@H](C)C(=O)[C@H](C)[C@@H](O)[C@]1(C)O. The Morgan fingerprint density at radius 2 is 1.44 bits per heavy atom. The summed E-state index contributed by atoms with van der Waals surface area (Å²) in [5.41, 5.74) is -4.24. The van der Waals surface area contributed by atoms with Crippen molar-refractivity contribution in [3.05, 3.63) is 0 Å². The van der Waals surface area contributed by atoms with Gasteiger partial charge in [-0.3, -0.25) is 9.59 Å². The van der Waals surface area contributed by atoms with Gasteiger partial charge in [-0.2, -0.15) is 0 Å². The standard InChI is InChI=1S/C38H69NO13/c1-15-26-38(10,45)31(42)21(4)28(40)19(2)17-37(9,47-14)33(52-35-29(41)25(39(11)12)16-20(3)48-35)22(5)30(23(6)34(44)50-26)51-27-18-36(8,46-13)32(43)24(7)49-27/h19-27,29-33,35,41-43,45H,15-18H2,1-14H3/t19-,20-,21+,22-,23-,24+,25-,26-,27+,29-,30+,31-,32+,33-,35+,36-,37-,38-/m1/s1. The third kappa shape index (κ3) is 9.38. The van der Waals surface area contributed by atoms with Gasteiger partial charge in [-0.15, -0.1) is 0 Å². The lowest BCUT2D eigenvalue weighted by atomic mass is 9.74. The van der Waals surface area contributed by atoms with Gasteiger partial charge in [0.25, 0.3) is 0 Å². The van der Waals surface area contributed by atoms with Gasteiger partial charge < -0.3 is 58.5 Å². The molecule has 52 heavy (non-hydrogen) atoms. The van der Waals surface area contributed by atoms with E-state index in [-0.39, 0.29) is 37.2 Å². The predicted octanol–water partition coefficient (Wildman–Crippen LogP) is 2.44. The predicted molar refractivity (Wildman–Crippen MR) is 191 cm³/mol. The molecule has 3 heterocycles. The maximum Gasteiger partial charge on any atom is 0.311 e. The van der Waals surface area contributed by atoms with Crippen LogP contribution >= 0.6 is 0 Å². The van der Waals surface area contributed by atoms with Crippen LogP contribution in [0.2, 0.25) is 0 Å². The van der Waals surface area contributed by atoms with Crippen LogP contribution in [0, 0.1) is 23.7 Å². The van der Waals surface area contributed by atoms with Gasteiger partial charge in [-0.1, -0.05) is 27.7 Å². The molecule has 0 radical (unpaired) electrons. The van der Waals surface area contributed by atoms with Gasteiger partial charge >= 0.3 is 5.97 Å². The molecule has 0 bridgehead atoms. The smallest absolute Gasteiger partial charge is 0.311 e. The zero-order valence-corrected chi connectivity index (χ0v) is 33.9. The molecule has 0 saturated carbocycles. The van der Waals surface area contributed by atoms with Crippen molar-refractivity contribution in [2.45, 2.75) is 179 Å². The number of rotatable bonds is 8. The molecule has 4 N–H and O–H groups in total. The van der Waals surface area contributed by atoms with Gasteiger partial charge in [0.05, 0.1) is 47.6 Å². The Hall–Kier alpha value is -1.30. The summed E-state index contributed by atoms with van der Waals surface area (Å²) >= 11 is 0. The molecule has 0 aromatic heterocycles. The van der Waals surface area contributed by atoms with Crippen molar-refractivity contribution >= 4 is 11.8 Å². The van der Waals surface area contributed by atoms with Gasteiger partial charge in [-0.05, 0) is 74.9 Å². The highest BCUT2D eigenvalue weighted by Gasteiger charge is 2.54. The van der Waals surface area contributed by atoms with E-state index in [9.17, 15) is 30.0 Å². The number of nitrogens with zero attached hydrogens (tertiary/aromatic N) is 1.